The molecule has 0 aliphatic heterocycles. The molecule has 1 aromatic carbocycles. The van der Waals surface area contributed by atoms with Gasteiger partial charge in [-0.1, -0.05) is 6.08 Å². The van der Waals surface area contributed by atoms with E-state index in [0.29, 0.717) is 10.2 Å². The summed E-state index contributed by atoms with van der Waals surface area (Å²) >= 11 is 3.07. The molecule has 2 nitrogen and oxygen atoms in total. The van der Waals surface area contributed by atoms with Gasteiger partial charge in [0.25, 0.3) is 0 Å². The van der Waals surface area contributed by atoms with Gasteiger partial charge in [0.15, 0.2) is 0 Å². The SMILES string of the molecule is C=CCC(=O)Nc1cc(F)c(Br)cc1C. The maximum absolute atomic E-state index is 13.2. The molecule has 0 saturated heterocycles. The van der Waals surface area contributed by atoms with Gasteiger partial charge < -0.3 is 5.32 Å². The first-order valence-electron chi connectivity index (χ1n) is 4.41. The predicted octanol–water partition coefficient (Wildman–Crippen LogP) is 3.41. The molecule has 80 valence electrons. The largest absolute Gasteiger partial charge is 0.325 e. The summed E-state index contributed by atoms with van der Waals surface area (Å²) in [4.78, 5) is 11.2. The molecule has 0 radical (unpaired) electrons. The highest BCUT2D eigenvalue weighted by molar-refractivity contribution is 9.10. The second-order valence-corrected chi connectivity index (χ2v) is 3.98. The van der Waals surface area contributed by atoms with E-state index in [9.17, 15) is 9.18 Å². The van der Waals surface area contributed by atoms with Crippen molar-refractivity contribution in [3.8, 4) is 0 Å². The van der Waals surface area contributed by atoms with E-state index in [1.165, 1.54) is 12.1 Å². The lowest BCUT2D eigenvalue weighted by atomic mass is 10.2. The molecule has 0 unspecified atom stereocenters. The van der Waals surface area contributed by atoms with E-state index in [1.807, 2.05) is 0 Å². The van der Waals surface area contributed by atoms with E-state index >= 15 is 0 Å². The number of benzene rings is 1. The van der Waals surface area contributed by atoms with Crippen molar-refractivity contribution in [1.29, 1.82) is 0 Å². The Bertz CT molecular complexity index is 404. The zero-order valence-electron chi connectivity index (χ0n) is 8.31. The molecular weight excluding hydrogens is 261 g/mol. The Kier molecular flexibility index (Phi) is 4.03. The third kappa shape index (κ3) is 3.16. The summed E-state index contributed by atoms with van der Waals surface area (Å²) in [6, 6.07) is 2.92. The van der Waals surface area contributed by atoms with Crippen LogP contribution in [0.1, 0.15) is 12.0 Å². The van der Waals surface area contributed by atoms with Crippen LogP contribution in [-0.2, 0) is 4.79 Å². The number of hydrogen-bond acceptors (Lipinski definition) is 1. The summed E-state index contributed by atoms with van der Waals surface area (Å²) in [6.07, 6.45) is 1.72. The zero-order valence-corrected chi connectivity index (χ0v) is 9.90. The molecule has 0 atom stereocenters. The quantitative estimate of drug-likeness (QED) is 0.839. The Morgan fingerprint density at radius 2 is 2.33 bits per heavy atom. The van der Waals surface area contributed by atoms with Crippen molar-refractivity contribution in [3.05, 3.63) is 40.6 Å². The minimum Gasteiger partial charge on any atom is -0.325 e. The molecule has 0 aliphatic carbocycles. The monoisotopic (exact) mass is 271 g/mol. The first-order valence-corrected chi connectivity index (χ1v) is 5.20. The number of halogens is 2. The first kappa shape index (κ1) is 11.9. The van der Waals surface area contributed by atoms with Gasteiger partial charge in [0, 0.05) is 12.1 Å². The van der Waals surface area contributed by atoms with E-state index in [4.69, 9.17) is 0 Å². The van der Waals surface area contributed by atoms with Crippen LogP contribution < -0.4 is 5.32 Å². The van der Waals surface area contributed by atoms with E-state index < -0.39 is 5.82 Å². The third-order valence-corrected chi connectivity index (χ3v) is 2.48. The normalized spacial score (nSPS) is 9.80. The molecule has 0 spiro atoms. The number of nitrogens with one attached hydrogen (secondary N) is 1. The van der Waals surface area contributed by atoms with Gasteiger partial charge in [-0.3, -0.25) is 4.79 Å². The fourth-order valence-electron chi connectivity index (χ4n) is 1.11. The van der Waals surface area contributed by atoms with Crippen molar-refractivity contribution in [2.24, 2.45) is 0 Å². The highest BCUT2D eigenvalue weighted by atomic mass is 79.9. The number of carbonyl (C=O) groups excluding carboxylic acids is 1. The fraction of sp³-hybridized carbons (Fsp3) is 0.182. The molecular formula is C11H11BrFNO. The average Bonchev–Trinajstić information content (AvgIpc) is 2.14. The van der Waals surface area contributed by atoms with Gasteiger partial charge in [-0.05, 0) is 40.5 Å². The van der Waals surface area contributed by atoms with Crippen molar-refractivity contribution in [1.82, 2.24) is 0 Å². The smallest absolute Gasteiger partial charge is 0.228 e. The van der Waals surface area contributed by atoms with Crippen LogP contribution in [-0.4, -0.2) is 5.91 Å². The highest BCUT2D eigenvalue weighted by Gasteiger charge is 2.07. The van der Waals surface area contributed by atoms with Crippen molar-refractivity contribution < 1.29 is 9.18 Å². The van der Waals surface area contributed by atoms with Crippen LogP contribution in [0.2, 0.25) is 0 Å². The number of rotatable bonds is 3. The van der Waals surface area contributed by atoms with Gasteiger partial charge in [-0.2, -0.15) is 0 Å². The number of carbonyl (C=O) groups is 1. The highest BCUT2D eigenvalue weighted by Crippen LogP contribution is 2.23. The Morgan fingerprint density at radius 1 is 1.67 bits per heavy atom. The van der Waals surface area contributed by atoms with Crippen molar-refractivity contribution in [3.63, 3.8) is 0 Å². The molecule has 1 rings (SSSR count). The Morgan fingerprint density at radius 3 is 2.93 bits per heavy atom. The van der Waals surface area contributed by atoms with Crippen LogP contribution in [0, 0.1) is 12.7 Å². The summed E-state index contributed by atoms with van der Waals surface area (Å²) in [5, 5.41) is 2.61. The lowest BCUT2D eigenvalue weighted by molar-refractivity contribution is -0.115. The van der Waals surface area contributed by atoms with Gasteiger partial charge in [0.05, 0.1) is 4.47 Å². The number of amides is 1. The molecule has 1 aromatic rings. The molecule has 0 aromatic heterocycles. The van der Waals surface area contributed by atoms with Crippen LogP contribution in [0.4, 0.5) is 10.1 Å². The molecule has 15 heavy (non-hydrogen) atoms. The van der Waals surface area contributed by atoms with Crippen molar-refractivity contribution in [2.75, 3.05) is 5.32 Å². The predicted molar refractivity (Wildman–Crippen MR) is 62.3 cm³/mol. The van der Waals surface area contributed by atoms with Crippen molar-refractivity contribution in [2.45, 2.75) is 13.3 Å². The van der Waals surface area contributed by atoms with Gasteiger partial charge in [0.2, 0.25) is 5.91 Å². The summed E-state index contributed by atoms with van der Waals surface area (Å²) < 4.78 is 13.6. The molecule has 1 amide bonds. The molecule has 1 N–H and O–H groups in total. The van der Waals surface area contributed by atoms with Crippen LogP contribution in [0.25, 0.3) is 0 Å². The summed E-state index contributed by atoms with van der Waals surface area (Å²) in [5.41, 5.74) is 1.29. The maximum Gasteiger partial charge on any atom is 0.228 e. The Labute approximate surface area is 96.3 Å². The molecule has 0 bridgehead atoms. The maximum atomic E-state index is 13.2. The lowest BCUT2D eigenvalue weighted by Gasteiger charge is -2.08. The molecule has 4 heteroatoms. The van der Waals surface area contributed by atoms with E-state index in [2.05, 4.69) is 27.8 Å². The fourth-order valence-corrected chi connectivity index (χ4v) is 1.57. The molecule has 0 fully saturated rings. The Balaban J connectivity index is 2.90. The zero-order chi connectivity index (χ0) is 11.4. The van der Waals surface area contributed by atoms with Crippen LogP contribution >= 0.6 is 15.9 Å². The van der Waals surface area contributed by atoms with Gasteiger partial charge in [0.1, 0.15) is 5.82 Å². The summed E-state index contributed by atoms with van der Waals surface area (Å²) in [7, 11) is 0. The summed E-state index contributed by atoms with van der Waals surface area (Å²) in [5.74, 6) is -0.593. The van der Waals surface area contributed by atoms with E-state index in [-0.39, 0.29) is 12.3 Å². The van der Waals surface area contributed by atoms with Gasteiger partial charge in [-0.15, -0.1) is 6.58 Å². The third-order valence-electron chi connectivity index (χ3n) is 1.87. The number of aryl methyl sites for hydroxylation is 1. The topological polar surface area (TPSA) is 29.1 Å². The molecule has 0 saturated carbocycles. The van der Waals surface area contributed by atoms with Crippen LogP contribution in [0.5, 0.6) is 0 Å². The van der Waals surface area contributed by atoms with Crippen LogP contribution in [0.15, 0.2) is 29.3 Å². The minimum atomic E-state index is -0.394. The standard InChI is InChI=1S/C11H11BrFNO/c1-3-4-11(15)14-10-6-9(13)8(12)5-7(10)2/h3,5-6H,1,4H2,2H3,(H,14,15). The number of hydrogen-bond donors (Lipinski definition) is 1. The van der Waals surface area contributed by atoms with Crippen LogP contribution in [0.3, 0.4) is 0 Å². The minimum absolute atomic E-state index is 0.199. The van der Waals surface area contributed by atoms with E-state index in [1.54, 1.807) is 13.0 Å². The molecule has 0 aliphatic rings. The second kappa shape index (κ2) is 5.07. The van der Waals surface area contributed by atoms with Gasteiger partial charge >= 0.3 is 0 Å². The molecule has 0 heterocycles. The second-order valence-electron chi connectivity index (χ2n) is 3.12. The Hall–Kier alpha value is -1.16. The summed E-state index contributed by atoms with van der Waals surface area (Å²) in [6.45, 7) is 5.25. The average molecular weight is 272 g/mol. The lowest BCUT2D eigenvalue weighted by Crippen LogP contribution is -2.11. The first-order chi connectivity index (χ1) is 7.04. The van der Waals surface area contributed by atoms with Crippen molar-refractivity contribution >= 4 is 27.5 Å². The van der Waals surface area contributed by atoms with E-state index in [0.717, 1.165) is 5.56 Å². The number of anilines is 1. The van der Waals surface area contributed by atoms with Gasteiger partial charge in [-0.25, -0.2) is 4.39 Å².